The number of hydrogen-bond donors (Lipinski definition) is 1. The topological polar surface area (TPSA) is 45.8 Å². The highest BCUT2D eigenvalue weighted by atomic mass is 32.1. The maximum absolute atomic E-state index is 13.3. The number of hydrogen-bond acceptors (Lipinski definition) is 3. The zero-order chi connectivity index (χ0) is 21.6. The number of H-pyrrole nitrogens is 1. The first-order chi connectivity index (χ1) is 14.9. The maximum atomic E-state index is 13.3. The largest absolute Gasteiger partial charge is 0.309 e. The molecule has 0 bridgehead atoms. The molecule has 1 atom stereocenters. The number of nitrogens with one attached hydrogen (secondary N) is 1. The quantitative estimate of drug-likeness (QED) is 0.415. The fraction of sp³-hybridized carbons (Fsp3) is 0.333. The molecule has 5 rings (SSSR count). The normalized spacial score (nSPS) is 16.6. The lowest BCUT2D eigenvalue weighted by Crippen LogP contribution is -2.26. The van der Waals surface area contributed by atoms with E-state index in [1.165, 1.54) is 10.4 Å². The number of benzene rings is 2. The molecule has 2 heterocycles. The summed E-state index contributed by atoms with van der Waals surface area (Å²) in [6.45, 7) is 6.97. The molecule has 0 saturated carbocycles. The van der Waals surface area contributed by atoms with E-state index < -0.39 is 0 Å². The first kappa shape index (κ1) is 20.2. The van der Waals surface area contributed by atoms with E-state index in [-0.39, 0.29) is 16.9 Å². The monoisotopic (exact) mass is 428 g/mol. The van der Waals surface area contributed by atoms with E-state index >= 15 is 0 Å². The minimum Gasteiger partial charge on any atom is -0.309 e. The summed E-state index contributed by atoms with van der Waals surface area (Å²) in [5, 5.41) is 0.816. The third kappa shape index (κ3) is 3.74. The average Bonchev–Trinajstić information content (AvgIpc) is 3.13. The molecule has 0 fully saturated rings. The van der Waals surface area contributed by atoms with Crippen LogP contribution in [0.3, 0.4) is 0 Å². The second-order valence-electron chi connectivity index (χ2n) is 9.70. The summed E-state index contributed by atoms with van der Waals surface area (Å²) < 4.78 is 0. The minimum absolute atomic E-state index is 0.00331. The number of thiophene rings is 1. The highest BCUT2D eigenvalue weighted by Crippen LogP contribution is 2.42. The fourth-order valence-corrected chi connectivity index (χ4v) is 6.18. The number of fused-ring (bicyclic) bond motifs is 3. The van der Waals surface area contributed by atoms with Gasteiger partial charge < -0.3 is 4.98 Å². The van der Waals surface area contributed by atoms with Crippen molar-refractivity contribution in [3.63, 3.8) is 0 Å². The lowest BCUT2D eigenvalue weighted by atomic mass is 9.72. The van der Waals surface area contributed by atoms with Gasteiger partial charge in [-0.3, -0.25) is 4.79 Å². The summed E-state index contributed by atoms with van der Waals surface area (Å²) in [4.78, 5) is 23.7. The smallest absolute Gasteiger partial charge is 0.259 e. The predicted molar refractivity (Wildman–Crippen MR) is 129 cm³/mol. The van der Waals surface area contributed by atoms with Gasteiger partial charge in [0.2, 0.25) is 0 Å². The zero-order valence-corrected chi connectivity index (χ0v) is 19.1. The van der Waals surface area contributed by atoms with Gasteiger partial charge >= 0.3 is 0 Å². The van der Waals surface area contributed by atoms with Gasteiger partial charge in [0.25, 0.3) is 5.56 Å². The van der Waals surface area contributed by atoms with Crippen LogP contribution >= 0.6 is 11.3 Å². The molecule has 2 aromatic carbocycles. The van der Waals surface area contributed by atoms with Crippen molar-refractivity contribution in [1.29, 1.82) is 0 Å². The van der Waals surface area contributed by atoms with Crippen LogP contribution in [0.2, 0.25) is 0 Å². The van der Waals surface area contributed by atoms with Crippen molar-refractivity contribution in [2.75, 3.05) is 0 Å². The summed E-state index contributed by atoms with van der Waals surface area (Å²) >= 11 is 1.72. The number of aromatic nitrogens is 2. The lowest BCUT2D eigenvalue weighted by molar-refractivity contribution is 0.218. The van der Waals surface area contributed by atoms with E-state index in [0.29, 0.717) is 5.92 Å². The molecule has 4 heteroatoms. The molecule has 1 unspecified atom stereocenters. The third-order valence-corrected chi connectivity index (χ3v) is 7.85. The highest BCUT2D eigenvalue weighted by Gasteiger charge is 2.32. The molecule has 31 heavy (non-hydrogen) atoms. The van der Waals surface area contributed by atoms with Crippen molar-refractivity contribution in [1.82, 2.24) is 9.97 Å². The van der Waals surface area contributed by atoms with Crippen LogP contribution in [0.1, 0.15) is 60.5 Å². The van der Waals surface area contributed by atoms with E-state index in [2.05, 4.69) is 50.0 Å². The second kappa shape index (κ2) is 7.76. The molecule has 4 aromatic rings. The second-order valence-corrected chi connectivity index (χ2v) is 10.8. The highest BCUT2D eigenvalue weighted by molar-refractivity contribution is 7.18. The van der Waals surface area contributed by atoms with Gasteiger partial charge in [0.05, 0.1) is 11.3 Å². The van der Waals surface area contributed by atoms with Crippen molar-refractivity contribution >= 4 is 21.6 Å². The molecule has 1 aliphatic rings. The number of aromatic amines is 1. The van der Waals surface area contributed by atoms with Crippen LogP contribution in [0.4, 0.5) is 0 Å². The van der Waals surface area contributed by atoms with Crippen LogP contribution < -0.4 is 5.56 Å². The van der Waals surface area contributed by atoms with E-state index in [1.807, 2.05) is 36.4 Å². The molecule has 0 spiro atoms. The van der Waals surface area contributed by atoms with E-state index in [9.17, 15) is 4.79 Å². The molecule has 0 amide bonds. The van der Waals surface area contributed by atoms with Crippen molar-refractivity contribution in [2.45, 2.75) is 46.0 Å². The van der Waals surface area contributed by atoms with Gasteiger partial charge in [-0.1, -0.05) is 81.4 Å². The average molecular weight is 429 g/mol. The van der Waals surface area contributed by atoms with Crippen LogP contribution in [0, 0.1) is 11.3 Å². The van der Waals surface area contributed by atoms with Crippen molar-refractivity contribution < 1.29 is 0 Å². The summed E-state index contributed by atoms with van der Waals surface area (Å²) in [5.41, 5.74) is 3.78. The standard InChI is InChI=1S/C27H28N2OS/c1-27(2,3)19-14-15-20-21(16-19)31-26-23(20)25(30)28-24(29-26)22(17-10-6-4-7-11-17)18-12-8-5-9-13-18/h4-13,19,22H,14-16H2,1-3H3,(H,28,29,30). The minimum atomic E-state index is -0.0963. The molecular formula is C27H28N2OS. The fourth-order valence-electron chi connectivity index (χ4n) is 4.88. The van der Waals surface area contributed by atoms with Gasteiger partial charge in [0, 0.05) is 4.88 Å². The summed E-state index contributed by atoms with van der Waals surface area (Å²) in [7, 11) is 0. The van der Waals surface area contributed by atoms with Crippen LogP contribution in [-0.2, 0) is 12.8 Å². The first-order valence-electron chi connectivity index (χ1n) is 11.1. The van der Waals surface area contributed by atoms with Crippen molar-refractivity contribution in [3.8, 4) is 0 Å². The Bertz CT molecular complexity index is 1230. The van der Waals surface area contributed by atoms with Gasteiger partial charge in [-0.05, 0) is 47.3 Å². The van der Waals surface area contributed by atoms with E-state index in [0.717, 1.165) is 46.4 Å². The Labute approximate surface area is 187 Å². The molecule has 0 aliphatic heterocycles. The Hall–Kier alpha value is -2.72. The first-order valence-corrected chi connectivity index (χ1v) is 11.9. The zero-order valence-electron chi connectivity index (χ0n) is 18.3. The Morgan fingerprint density at radius 1 is 1.00 bits per heavy atom. The van der Waals surface area contributed by atoms with Crippen LogP contribution in [0.5, 0.6) is 0 Å². The van der Waals surface area contributed by atoms with E-state index in [4.69, 9.17) is 4.98 Å². The summed E-state index contributed by atoms with van der Waals surface area (Å²) in [5.74, 6) is 1.27. The Morgan fingerprint density at radius 3 is 2.19 bits per heavy atom. The van der Waals surface area contributed by atoms with Gasteiger partial charge in [-0.2, -0.15) is 0 Å². The molecule has 0 radical (unpaired) electrons. The van der Waals surface area contributed by atoms with Gasteiger partial charge in [-0.15, -0.1) is 11.3 Å². The lowest BCUT2D eigenvalue weighted by Gasteiger charge is -2.33. The van der Waals surface area contributed by atoms with E-state index in [1.54, 1.807) is 11.3 Å². The number of aryl methyl sites for hydroxylation is 1. The molecule has 1 aliphatic carbocycles. The Morgan fingerprint density at radius 2 is 1.61 bits per heavy atom. The molecule has 1 N–H and O–H groups in total. The third-order valence-electron chi connectivity index (χ3n) is 6.70. The number of rotatable bonds is 3. The van der Waals surface area contributed by atoms with Crippen LogP contribution in [-0.4, -0.2) is 9.97 Å². The molecule has 3 nitrogen and oxygen atoms in total. The summed E-state index contributed by atoms with van der Waals surface area (Å²) in [6.07, 6.45) is 3.16. The SMILES string of the molecule is CC(C)(C)C1CCc2c(sc3nc(C(c4ccccc4)c4ccccc4)[nH]c(=O)c23)C1. The Kier molecular flexibility index (Phi) is 5.05. The van der Waals surface area contributed by atoms with Gasteiger partial charge in [-0.25, -0.2) is 4.98 Å². The molecule has 2 aromatic heterocycles. The van der Waals surface area contributed by atoms with Crippen LogP contribution in [0.25, 0.3) is 10.2 Å². The van der Waals surface area contributed by atoms with Crippen LogP contribution in [0.15, 0.2) is 65.5 Å². The molecule has 0 saturated heterocycles. The number of nitrogens with zero attached hydrogens (tertiary/aromatic N) is 1. The van der Waals surface area contributed by atoms with Gasteiger partial charge in [0.1, 0.15) is 10.7 Å². The van der Waals surface area contributed by atoms with Crippen molar-refractivity contribution in [2.24, 2.45) is 11.3 Å². The van der Waals surface area contributed by atoms with Gasteiger partial charge in [0.15, 0.2) is 0 Å². The molecular weight excluding hydrogens is 400 g/mol. The Balaban J connectivity index is 1.64. The predicted octanol–water partition coefficient (Wildman–Crippen LogP) is 6.32. The summed E-state index contributed by atoms with van der Waals surface area (Å²) in [6, 6.07) is 20.6. The molecule has 158 valence electrons. The maximum Gasteiger partial charge on any atom is 0.259 e. The van der Waals surface area contributed by atoms with Crippen molar-refractivity contribution in [3.05, 3.63) is 98.4 Å².